The number of aliphatic carboxylic acids is 1. The maximum Gasteiger partial charge on any atom is 0.321 e. The van der Waals surface area contributed by atoms with Crippen LogP contribution in [0.1, 0.15) is 12.0 Å². The number of hydrogen-bond donors (Lipinski definition) is 3. The molecule has 7 nitrogen and oxygen atoms in total. The molecule has 1 fully saturated rings. The first-order valence-corrected chi connectivity index (χ1v) is 6.61. The third-order valence-corrected chi connectivity index (χ3v) is 3.44. The monoisotopic (exact) mass is 291 g/mol. The van der Waals surface area contributed by atoms with Crippen molar-refractivity contribution in [3.63, 3.8) is 0 Å². The number of carboxylic acid groups (broad SMARTS) is 1. The van der Waals surface area contributed by atoms with Crippen molar-refractivity contribution in [1.29, 1.82) is 0 Å². The average Bonchev–Trinajstić information content (AvgIpc) is 2.90. The second-order valence-electron chi connectivity index (χ2n) is 5.03. The Morgan fingerprint density at radius 2 is 1.95 bits per heavy atom. The van der Waals surface area contributed by atoms with Gasteiger partial charge in [-0.3, -0.25) is 9.59 Å². The highest BCUT2D eigenvalue weighted by molar-refractivity contribution is 5.90. The van der Waals surface area contributed by atoms with Gasteiger partial charge in [-0.1, -0.05) is 12.1 Å². The van der Waals surface area contributed by atoms with Crippen molar-refractivity contribution < 1.29 is 19.5 Å². The third kappa shape index (κ3) is 3.95. The van der Waals surface area contributed by atoms with Gasteiger partial charge in [0.15, 0.2) is 0 Å². The predicted molar refractivity (Wildman–Crippen MR) is 75.7 cm³/mol. The number of hydrogen-bond acceptors (Lipinski definition) is 3. The van der Waals surface area contributed by atoms with Gasteiger partial charge in [-0.05, 0) is 24.1 Å². The van der Waals surface area contributed by atoms with Crippen molar-refractivity contribution in [2.75, 3.05) is 18.4 Å². The number of nitrogens with zero attached hydrogens (tertiary/aromatic N) is 1. The lowest BCUT2D eigenvalue weighted by Gasteiger charge is -2.17. The molecule has 1 saturated heterocycles. The van der Waals surface area contributed by atoms with E-state index in [0.29, 0.717) is 30.8 Å². The molecular weight excluding hydrogens is 274 g/mol. The van der Waals surface area contributed by atoms with Gasteiger partial charge in [0.25, 0.3) is 0 Å². The van der Waals surface area contributed by atoms with Gasteiger partial charge in [-0.15, -0.1) is 0 Å². The van der Waals surface area contributed by atoms with E-state index >= 15 is 0 Å². The second kappa shape index (κ2) is 6.25. The maximum atomic E-state index is 12.0. The van der Waals surface area contributed by atoms with Crippen molar-refractivity contribution in [3.8, 4) is 0 Å². The molecule has 1 aliphatic heterocycles. The number of amides is 3. The first kappa shape index (κ1) is 14.8. The normalized spacial score (nSPS) is 17.5. The van der Waals surface area contributed by atoms with E-state index in [1.807, 2.05) is 0 Å². The number of carboxylic acids is 1. The van der Waals surface area contributed by atoms with Crippen molar-refractivity contribution in [3.05, 3.63) is 29.8 Å². The molecule has 1 aromatic carbocycles. The van der Waals surface area contributed by atoms with E-state index in [0.717, 1.165) is 0 Å². The number of rotatable bonds is 4. The second-order valence-corrected chi connectivity index (χ2v) is 5.03. The summed E-state index contributed by atoms with van der Waals surface area (Å²) >= 11 is 0. The van der Waals surface area contributed by atoms with Crippen molar-refractivity contribution in [2.45, 2.75) is 12.8 Å². The molecule has 7 heteroatoms. The third-order valence-electron chi connectivity index (χ3n) is 3.44. The zero-order valence-corrected chi connectivity index (χ0v) is 11.4. The van der Waals surface area contributed by atoms with Crippen LogP contribution in [0.25, 0.3) is 0 Å². The number of nitrogens with two attached hydrogens (primary N) is 1. The lowest BCUT2D eigenvalue weighted by molar-refractivity contribution is -0.136. The highest BCUT2D eigenvalue weighted by atomic mass is 16.4. The maximum absolute atomic E-state index is 12.0. The lowest BCUT2D eigenvalue weighted by Crippen LogP contribution is -2.34. The summed E-state index contributed by atoms with van der Waals surface area (Å²) in [5, 5.41) is 11.4. The van der Waals surface area contributed by atoms with Crippen LogP contribution < -0.4 is 11.1 Å². The Morgan fingerprint density at radius 3 is 2.48 bits per heavy atom. The Kier molecular flexibility index (Phi) is 4.42. The number of carbonyl (C=O) groups is 3. The fourth-order valence-corrected chi connectivity index (χ4v) is 2.26. The van der Waals surface area contributed by atoms with Crippen LogP contribution in [0.4, 0.5) is 10.5 Å². The summed E-state index contributed by atoms with van der Waals surface area (Å²) in [6, 6.07) is 6.32. The molecule has 112 valence electrons. The van der Waals surface area contributed by atoms with Gasteiger partial charge in [0.05, 0.1) is 12.3 Å². The number of urea groups is 1. The Bertz CT molecular complexity index is 556. The highest BCUT2D eigenvalue weighted by Crippen LogP contribution is 2.17. The number of nitrogens with one attached hydrogen (secondary N) is 1. The van der Waals surface area contributed by atoms with E-state index in [-0.39, 0.29) is 24.3 Å². The minimum atomic E-state index is -0.902. The predicted octanol–water partition coefficient (Wildman–Crippen LogP) is 0.653. The number of carbonyl (C=O) groups excluding carboxylic acids is 2. The van der Waals surface area contributed by atoms with Crippen LogP contribution in [0, 0.1) is 5.92 Å². The van der Waals surface area contributed by atoms with Gasteiger partial charge in [0.2, 0.25) is 5.91 Å². The molecular formula is C14H17N3O4. The van der Waals surface area contributed by atoms with Crippen LogP contribution in [0.15, 0.2) is 24.3 Å². The molecule has 1 atom stereocenters. The van der Waals surface area contributed by atoms with E-state index in [1.54, 1.807) is 29.2 Å². The largest absolute Gasteiger partial charge is 0.481 e. The Labute approximate surface area is 121 Å². The number of primary amides is 1. The fraction of sp³-hybridized carbons (Fsp3) is 0.357. The Balaban J connectivity index is 1.91. The zero-order chi connectivity index (χ0) is 15.4. The van der Waals surface area contributed by atoms with Crippen molar-refractivity contribution in [2.24, 2.45) is 11.7 Å². The molecule has 21 heavy (non-hydrogen) atoms. The van der Waals surface area contributed by atoms with Gasteiger partial charge < -0.3 is 21.1 Å². The number of benzene rings is 1. The van der Waals surface area contributed by atoms with Crippen molar-refractivity contribution in [1.82, 2.24) is 4.90 Å². The molecule has 0 spiro atoms. The van der Waals surface area contributed by atoms with E-state index < -0.39 is 5.97 Å². The molecule has 1 aromatic rings. The van der Waals surface area contributed by atoms with Crippen LogP contribution in [-0.2, 0) is 16.0 Å². The molecule has 0 saturated carbocycles. The SMILES string of the molecule is NC(=O)C1CCN(C(=O)Nc2ccc(CC(=O)O)cc2)C1. The zero-order valence-electron chi connectivity index (χ0n) is 11.4. The molecule has 0 aliphatic carbocycles. The van der Waals surface area contributed by atoms with Gasteiger partial charge in [-0.2, -0.15) is 0 Å². The van der Waals surface area contributed by atoms with Gasteiger partial charge in [0.1, 0.15) is 0 Å². The fourth-order valence-electron chi connectivity index (χ4n) is 2.26. The molecule has 4 N–H and O–H groups in total. The summed E-state index contributed by atoms with van der Waals surface area (Å²) in [5.41, 5.74) is 6.47. The highest BCUT2D eigenvalue weighted by Gasteiger charge is 2.29. The summed E-state index contributed by atoms with van der Waals surface area (Å²) in [6.45, 7) is 0.828. The van der Waals surface area contributed by atoms with E-state index in [4.69, 9.17) is 10.8 Å². The summed E-state index contributed by atoms with van der Waals surface area (Å²) in [7, 11) is 0. The first-order chi connectivity index (χ1) is 9.95. The van der Waals surface area contributed by atoms with Gasteiger partial charge in [-0.25, -0.2) is 4.79 Å². The average molecular weight is 291 g/mol. The quantitative estimate of drug-likeness (QED) is 0.756. The molecule has 0 bridgehead atoms. The van der Waals surface area contributed by atoms with Gasteiger partial charge >= 0.3 is 12.0 Å². The Morgan fingerprint density at radius 1 is 1.29 bits per heavy atom. The summed E-state index contributed by atoms with van der Waals surface area (Å²) < 4.78 is 0. The number of likely N-dealkylation sites (tertiary alicyclic amines) is 1. The minimum Gasteiger partial charge on any atom is -0.481 e. The topological polar surface area (TPSA) is 113 Å². The first-order valence-electron chi connectivity index (χ1n) is 6.61. The molecule has 1 heterocycles. The smallest absolute Gasteiger partial charge is 0.321 e. The summed E-state index contributed by atoms with van der Waals surface area (Å²) in [6.07, 6.45) is 0.529. The summed E-state index contributed by atoms with van der Waals surface area (Å²) in [4.78, 5) is 35.2. The number of anilines is 1. The van der Waals surface area contributed by atoms with Crippen molar-refractivity contribution >= 4 is 23.6 Å². The van der Waals surface area contributed by atoms with Crippen LogP contribution in [0.2, 0.25) is 0 Å². The minimum absolute atomic E-state index is 0.0549. The molecule has 3 amide bonds. The van der Waals surface area contributed by atoms with Gasteiger partial charge in [0, 0.05) is 18.8 Å². The summed E-state index contributed by atoms with van der Waals surface area (Å²) in [5.74, 6) is -1.57. The molecule has 2 rings (SSSR count). The van der Waals surface area contributed by atoms with Crippen LogP contribution in [0.3, 0.4) is 0 Å². The molecule has 1 aliphatic rings. The lowest BCUT2D eigenvalue weighted by atomic mass is 10.1. The van der Waals surface area contributed by atoms with Crippen LogP contribution in [-0.4, -0.2) is 41.0 Å². The molecule has 0 radical (unpaired) electrons. The van der Waals surface area contributed by atoms with Crippen LogP contribution in [0.5, 0.6) is 0 Å². The standard InChI is InChI=1S/C14H17N3O4/c15-13(20)10-5-6-17(8-10)14(21)16-11-3-1-9(2-4-11)7-12(18)19/h1-4,10H,5-8H2,(H2,15,20)(H,16,21)(H,18,19). The van der Waals surface area contributed by atoms with E-state index in [1.165, 1.54) is 0 Å². The van der Waals surface area contributed by atoms with E-state index in [2.05, 4.69) is 5.32 Å². The van der Waals surface area contributed by atoms with Crippen LogP contribution >= 0.6 is 0 Å². The molecule has 1 unspecified atom stereocenters. The Hall–Kier alpha value is -2.57. The molecule has 0 aromatic heterocycles. The van der Waals surface area contributed by atoms with E-state index in [9.17, 15) is 14.4 Å².